The number of aliphatic imine (C=N–C) groups is 1. The second-order valence-corrected chi connectivity index (χ2v) is 5.01. The second kappa shape index (κ2) is 8.81. The van der Waals surface area contributed by atoms with Crippen molar-refractivity contribution in [3.05, 3.63) is 48.0 Å². The topological polar surface area (TPSA) is 67.1 Å². The number of nitrogens with one attached hydrogen (secondary N) is 2. The molecule has 0 unspecified atom stereocenters. The van der Waals surface area contributed by atoms with Crippen LogP contribution in [-0.4, -0.2) is 33.8 Å². The average Bonchev–Trinajstić information content (AvgIpc) is 3.02. The van der Waals surface area contributed by atoms with Gasteiger partial charge in [-0.1, -0.05) is 6.07 Å². The van der Waals surface area contributed by atoms with Crippen LogP contribution < -0.4 is 10.6 Å². The minimum Gasteiger partial charge on any atom is -0.357 e. The van der Waals surface area contributed by atoms with E-state index < -0.39 is 0 Å². The van der Waals surface area contributed by atoms with Gasteiger partial charge in [-0.2, -0.15) is 5.10 Å². The lowest BCUT2D eigenvalue weighted by Gasteiger charge is -2.11. The number of rotatable bonds is 7. The van der Waals surface area contributed by atoms with E-state index in [9.17, 15) is 0 Å². The maximum absolute atomic E-state index is 4.57. The quantitative estimate of drug-likeness (QED) is 0.464. The Labute approximate surface area is 131 Å². The van der Waals surface area contributed by atoms with Gasteiger partial charge in [0.05, 0.1) is 12.2 Å². The lowest BCUT2D eigenvalue weighted by atomic mass is 10.3. The molecule has 0 radical (unpaired) electrons. The van der Waals surface area contributed by atoms with Crippen LogP contribution in [0.2, 0.25) is 0 Å². The number of pyridine rings is 1. The maximum atomic E-state index is 4.57. The first-order chi connectivity index (χ1) is 10.8. The van der Waals surface area contributed by atoms with Gasteiger partial charge in [-0.25, -0.2) is 4.99 Å². The molecule has 0 saturated heterocycles. The summed E-state index contributed by atoms with van der Waals surface area (Å²) in [5.74, 6) is 0.825. The molecule has 0 aromatic carbocycles. The molecule has 2 heterocycles. The van der Waals surface area contributed by atoms with Crippen LogP contribution in [0.1, 0.15) is 24.7 Å². The fourth-order valence-electron chi connectivity index (χ4n) is 2.07. The molecule has 0 amide bonds. The molecular formula is C16H24N6. The van der Waals surface area contributed by atoms with Crippen molar-refractivity contribution in [3.8, 4) is 0 Å². The first-order valence-corrected chi connectivity index (χ1v) is 7.70. The van der Waals surface area contributed by atoms with Crippen molar-refractivity contribution in [2.24, 2.45) is 4.99 Å². The third-order valence-electron chi connectivity index (χ3n) is 3.11. The Hall–Kier alpha value is -2.37. The van der Waals surface area contributed by atoms with Crippen molar-refractivity contribution < 1.29 is 0 Å². The lowest BCUT2D eigenvalue weighted by Crippen LogP contribution is -2.38. The van der Waals surface area contributed by atoms with Crippen molar-refractivity contribution in [2.75, 3.05) is 13.1 Å². The van der Waals surface area contributed by atoms with Crippen molar-refractivity contribution in [2.45, 2.75) is 33.4 Å². The Balaban J connectivity index is 1.79. The van der Waals surface area contributed by atoms with Gasteiger partial charge in [0, 0.05) is 37.7 Å². The smallest absolute Gasteiger partial charge is 0.191 e. The third-order valence-corrected chi connectivity index (χ3v) is 3.11. The van der Waals surface area contributed by atoms with E-state index in [0.717, 1.165) is 43.4 Å². The van der Waals surface area contributed by atoms with E-state index in [1.807, 2.05) is 42.1 Å². The monoisotopic (exact) mass is 300 g/mol. The Morgan fingerprint density at radius 3 is 2.91 bits per heavy atom. The predicted molar refractivity (Wildman–Crippen MR) is 88.6 cm³/mol. The van der Waals surface area contributed by atoms with Crippen LogP contribution in [0.5, 0.6) is 0 Å². The summed E-state index contributed by atoms with van der Waals surface area (Å²) in [6.45, 7) is 7.23. The summed E-state index contributed by atoms with van der Waals surface area (Å²) in [6, 6.07) is 7.94. The van der Waals surface area contributed by atoms with Crippen LogP contribution in [0, 0.1) is 6.92 Å². The lowest BCUT2D eigenvalue weighted by molar-refractivity contribution is 0.570. The SMILES string of the molecule is CCNC(=NCc1cccc(C)n1)NCCCn1cccn1. The van der Waals surface area contributed by atoms with E-state index in [-0.39, 0.29) is 0 Å². The van der Waals surface area contributed by atoms with Gasteiger partial charge in [0.25, 0.3) is 0 Å². The number of hydrogen-bond donors (Lipinski definition) is 2. The summed E-state index contributed by atoms with van der Waals surface area (Å²) in [5, 5.41) is 10.8. The highest BCUT2D eigenvalue weighted by Crippen LogP contribution is 1.99. The molecule has 0 atom stereocenters. The summed E-state index contributed by atoms with van der Waals surface area (Å²) in [4.78, 5) is 9.03. The second-order valence-electron chi connectivity index (χ2n) is 5.01. The molecular weight excluding hydrogens is 276 g/mol. The average molecular weight is 300 g/mol. The number of nitrogens with zero attached hydrogens (tertiary/aromatic N) is 4. The highest BCUT2D eigenvalue weighted by Gasteiger charge is 1.99. The third kappa shape index (κ3) is 5.55. The van der Waals surface area contributed by atoms with E-state index in [0.29, 0.717) is 6.54 Å². The van der Waals surface area contributed by atoms with Crippen molar-refractivity contribution >= 4 is 5.96 Å². The number of hydrogen-bond acceptors (Lipinski definition) is 3. The molecule has 2 rings (SSSR count). The zero-order valence-electron chi connectivity index (χ0n) is 13.3. The Morgan fingerprint density at radius 2 is 2.18 bits per heavy atom. The van der Waals surface area contributed by atoms with E-state index in [4.69, 9.17) is 0 Å². The van der Waals surface area contributed by atoms with Gasteiger partial charge in [0.1, 0.15) is 0 Å². The molecule has 2 N–H and O–H groups in total. The van der Waals surface area contributed by atoms with Gasteiger partial charge >= 0.3 is 0 Å². The Morgan fingerprint density at radius 1 is 1.27 bits per heavy atom. The highest BCUT2D eigenvalue weighted by molar-refractivity contribution is 5.79. The van der Waals surface area contributed by atoms with Crippen LogP contribution in [-0.2, 0) is 13.1 Å². The first-order valence-electron chi connectivity index (χ1n) is 7.70. The molecule has 0 aliphatic rings. The molecule has 0 bridgehead atoms. The molecule has 6 nitrogen and oxygen atoms in total. The van der Waals surface area contributed by atoms with E-state index in [1.54, 1.807) is 6.20 Å². The molecule has 0 spiro atoms. The fourth-order valence-corrected chi connectivity index (χ4v) is 2.07. The fraction of sp³-hybridized carbons (Fsp3) is 0.438. The van der Waals surface area contributed by atoms with Gasteiger partial charge < -0.3 is 10.6 Å². The zero-order valence-corrected chi connectivity index (χ0v) is 13.3. The molecule has 2 aromatic rings. The maximum Gasteiger partial charge on any atom is 0.191 e. The largest absolute Gasteiger partial charge is 0.357 e. The van der Waals surface area contributed by atoms with Gasteiger partial charge in [0.15, 0.2) is 5.96 Å². The number of aryl methyl sites for hydroxylation is 2. The molecule has 0 saturated carbocycles. The van der Waals surface area contributed by atoms with Crippen LogP contribution >= 0.6 is 0 Å². The van der Waals surface area contributed by atoms with Crippen molar-refractivity contribution in [3.63, 3.8) is 0 Å². The number of aromatic nitrogens is 3. The van der Waals surface area contributed by atoms with Gasteiger partial charge in [-0.15, -0.1) is 0 Å². The molecule has 2 aromatic heterocycles. The predicted octanol–water partition coefficient (Wildman–Crippen LogP) is 1.73. The van der Waals surface area contributed by atoms with Crippen LogP contribution in [0.25, 0.3) is 0 Å². The first kappa shape index (κ1) is 16.0. The molecule has 6 heteroatoms. The van der Waals surface area contributed by atoms with E-state index >= 15 is 0 Å². The summed E-state index contributed by atoms with van der Waals surface area (Å²) in [7, 11) is 0. The molecule has 0 aliphatic carbocycles. The summed E-state index contributed by atoms with van der Waals surface area (Å²) in [6.07, 6.45) is 4.77. The summed E-state index contributed by atoms with van der Waals surface area (Å²) < 4.78 is 1.93. The summed E-state index contributed by atoms with van der Waals surface area (Å²) in [5.41, 5.74) is 2.00. The molecule has 118 valence electrons. The zero-order chi connectivity index (χ0) is 15.6. The normalized spacial score (nSPS) is 11.5. The minimum absolute atomic E-state index is 0.580. The van der Waals surface area contributed by atoms with Crippen LogP contribution in [0.3, 0.4) is 0 Å². The summed E-state index contributed by atoms with van der Waals surface area (Å²) >= 11 is 0. The Bertz CT molecular complexity index is 576. The van der Waals surface area contributed by atoms with E-state index in [1.165, 1.54) is 0 Å². The van der Waals surface area contributed by atoms with Crippen molar-refractivity contribution in [1.29, 1.82) is 0 Å². The number of guanidine groups is 1. The van der Waals surface area contributed by atoms with Crippen LogP contribution in [0.15, 0.2) is 41.7 Å². The van der Waals surface area contributed by atoms with Gasteiger partial charge in [0.2, 0.25) is 0 Å². The van der Waals surface area contributed by atoms with Crippen molar-refractivity contribution in [1.82, 2.24) is 25.4 Å². The molecule has 0 aliphatic heterocycles. The molecule has 0 fully saturated rings. The van der Waals surface area contributed by atoms with E-state index in [2.05, 4.69) is 32.6 Å². The van der Waals surface area contributed by atoms with Gasteiger partial charge in [-0.05, 0) is 38.5 Å². The Kier molecular flexibility index (Phi) is 6.41. The highest BCUT2D eigenvalue weighted by atomic mass is 15.3. The van der Waals surface area contributed by atoms with Gasteiger partial charge in [-0.3, -0.25) is 9.67 Å². The standard InChI is InChI=1S/C16H24N6/c1-3-17-16(18-9-5-11-22-12-6-10-20-22)19-13-15-8-4-7-14(2)21-15/h4,6-8,10,12H,3,5,9,11,13H2,1-2H3,(H2,17,18,19). The molecule has 22 heavy (non-hydrogen) atoms. The minimum atomic E-state index is 0.580. The van der Waals surface area contributed by atoms with Crippen LogP contribution in [0.4, 0.5) is 0 Å².